The Morgan fingerprint density at radius 1 is 1.26 bits per heavy atom. The van der Waals surface area contributed by atoms with Crippen molar-refractivity contribution in [3.05, 3.63) is 29.8 Å². The number of carbonyl (C=O) groups is 1. The lowest BCUT2D eigenvalue weighted by molar-refractivity contribution is -0.122. The number of nitrogens with zero attached hydrogens (tertiary/aromatic N) is 1. The minimum atomic E-state index is 0.205. The summed E-state index contributed by atoms with van der Waals surface area (Å²) in [7, 11) is 1.72. The molecule has 1 aromatic carbocycles. The maximum absolute atomic E-state index is 12.0. The molecule has 2 rings (SSSR count). The van der Waals surface area contributed by atoms with Crippen LogP contribution in [0.4, 0.5) is 5.69 Å². The molecule has 23 heavy (non-hydrogen) atoms. The van der Waals surface area contributed by atoms with Gasteiger partial charge in [0.05, 0.1) is 0 Å². The first-order valence-electron chi connectivity index (χ1n) is 8.79. The van der Waals surface area contributed by atoms with Gasteiger partial charge in [-0.15, -0.1) is 0 Å². The Morgan fingerprint density at radius 3 is 2.74 bits per heavy atom. The first kappa shape index (κ1) is 17.8. The summed E-state index contributed by atoms with van der Waals surface area (Å²) in [6.07, 6.45) is 5.76. The highest BCUT2D eigenvalue weighted by Gasteiger charge is 2.20. The third-order valence-electron chi connectivity index (χ3n) is 4.48. The van der Waals surface area contributed by atoms with Gasteiger partial charge in [-0.25, -0.2) is 0 Å². The second-order valence-corrected chi connectivity index (χ2v) is 6.47. The maximum atomic E-state index is 12.0. The number of benzene rings is 1. The van der Waals surface area contributed by atoms with E-state index < -0.39 is 0 Å². The number of nitrogens with one attached hydrogen (secondary N) is 1. The molecule has 0 atom stereocenters. The zero-order valence-corrected chi connectivity index (χ0v) is 14.5. The zero-order valence-electron chi connectivity index (χ0n) is 14.5. The van der Waals surface area contributed by atoms with Crippen molar-refractivity contribution in [1.82, 2.24) is 5.32 Å². The topological polar surface area (TPSA) is 41.6 Å². The van der Waals surface area contributed by atoms with E-state index in [1.807, 2.05) is 0 Å². The minimum absolute atomic E-state index is 0.205. The quantitative estimate of drug-likeness (QED) is 0.748. The van der Waals surface area contributed by atoms with Crippen LogP contribution in [0, 0.1) is 6.92 Å². The number of hydrogen-bond acceptors (Lipinski definition) is 3. The summed E-state index contributed by atoms with van der Waals surface area (Å²) >= 11 is 0. The molecule has 128 valence electrons. The third-order valence-corrected chi connectivity index (χ3v) is 4.48. The Kier molecular flexibility index (Phi) is 7.40. The zero-order chi connectivity index (χ0) is 16.5. The first-order chi connectivity index (χ1) is 11.2. The normalized spacial score (nSPS) is 15.7. The molecule has 1 amide bonds. The Bertz CT molecular complexity index is 482. The minimum Gasteiger partial charge on any atom is -0.385 e. The summed E-state index contributed by atoms with van der Waals surface area (Å²) in [5.41, 5.74) is 2.60. The summed E-state index contributed by atoms with van der Waals surface area (Å²) in [6.45, 7) is 4.95. The molecule has 1 saturated heterocycles. The van der Waals surface area contributed by atoms with E-state index in [2.05, 4.69) is 41.4 Å². The van der Waals surface area contributed by atoms with E-state index in [1.54, 1.807) is 7.11 Å². The van der Waals surface area contributed by atoms with Gasteiger partial charge < -0.3 is 15.0 Å². The van der Waals surface area contributed by atoms with Gasteiger partial charge in [0.1, 0.15) is 0 Å². The van der Waals surface area contributed by atoms with Gasteiger partial charge in [0.15, 0.2) is 0 Å². The highest BCUT2D eigenvalue weighted by molar-refractivity contribution is 5.76. The van der Waals surface area contributed by atoms with E-state index >= 15 is 0 Å². The van der Waals surface area contributed by atoms with Gasteiger partial charge in [0.25, 0.3) is 0 Å². The van der Waals surface area contributed by atoms with Crippen LogP contribution in [0.5, 0.6) is 0 Å². The van der Waals surface area contributed by atoms with Crippen LogP contribution in [-0.4, -0.2) is 38.8 Å². The van der Waals surface area contributed by atoms with Crippen molar-refractivity contribution in [2.24, 2.45) is 0 Å². The predicted molar refractivity (Wildman–Crippen MR) is 94.9 cm³/mol. The van der Waals surface area contributed by atoms with Crippen LogP contribution in [0.1, 0.15) is 44.1 Å². The van der Waals surface area contributed by atoms with Gasteiger partial charge in [-0.2, -0.15) is 0 Å². The summed E-state index contributed by atoms with van der Waals surface area (Å²) in [6, 6.07) is 8.98. The van der Waals surface area contributed by atoms with Crippen LogP contribution in [0.2, 0.25) is 0 Å². The number of hydrogen-bond donors (Lipinski definition) is 1. The van der Waals surface area contributed by atoms with Gasteiger partial charge in [-0.1, -0.05) is 18.6 Å². The summed E-state index contributed by atoms with van der Waals surface area (Å²) in [4.78, 5) is 14.4. The van der Waals surface area contributed by atoms with Crippen LogP contribution in [0.25, 0.3) is 0 Å². The Labute approximate surface area is 140 Å². The van der Waals surface area contributed by atoms with Crippen molar-refractivity contribution in [1.29, 1.82) is 0 Å². The van der Waals surface area contributed by atoms with Crippen molar-refractivity contribution >= 4 is 11.6 Å². The van der Waals surface area contributed by atoms with E-state index in [1.165, 1.54) is 11.3 Å². The molecule has 1 N–H and O–H groups in total. The van der Waals surface area contributed by atoms with Crippen LogP contribution in [0.15, 0.2) is 24.3 Å². The van der Waals surface area contributed by atoms with Crippen LogP contribution in [-0.2, 0) is 9.53 Å². The van der Waals surface area contributed by atoms with Crippen LogP contribution in [0.3, 0.4) is 0 Å². The van der Waals surface area contributed by atoms with E-state index in [4.69, 9.17) is 4.74 Å². The van der Waals surface area contributed by atoms with Crippen LogP contribution >= 0.6 is 0 Å². The molecule has 4 nitrogen and oxygen atoms in total. The maximum Gasteiger partial charge on any atom is 0.220 e. The van der Waals surface area contributed by atoms with E-state index in [0.717, 1.165) is 51.8 Å². The van der Waals surface area contributed by atoms with Gasteiger partial charge in [-0.05, 0) is 50.3 Å². The fourth-order valence-electron chi connectivity index (χ4n) is 3.12. The number of unbranched alkanes of at least 4 members (excludes halogenated alkanes) is 2. The smallest absolute Gasteiger partial charge is 0.220 e. The van der Waals surface area contributed by atoms with E-state index in [0.29, 0.717) is 12.5 Å². The third kappa shape index (κ3) is 6.22. The Morgan fingerprint density at radius 2 is 2.04 bits per heavy atom. The largest absolute Gasteiger partial charge is 0.385 e. The summed E-state index contributed by atoms with van der Waals surface area (Å²) in [5, 5.41) is 3.20. The summed E-state index contributed by atoms with van der Waals surface area (Å²) < 4.78 is 5.02. The van der Waals surface area contributed by atoms with Gasteiger partial charge >= 0.3 is 0 Å². The van der Waals surface area contributed by atoms with Crippen molar-refractivity contribution < 1.29 is 9.53 Å². The number of rotatable bonds is 8. The van der Waals surface area contributed by atoms with Crippen LogP contribution < -0.4 is 10.2 Å². The first-order valence-corrected chi connectivity index (χ1v) is 8.79. The Balaban J connectivity index is 1.65. The number of anilines is 1. The average Bonchev–Trinajstić information content (AvgIpc) is 2.55. The average molecular weight is 318 g/mol. The molecule has 0 unspecified atom stereocenters. The van der Waals surface area contributed by atoms with Crippen molar-refractivity contribution in [2.75, 3.05) is 31.7 Å². The molecule has 1 aromatic rings. The number of piperidine rings is 1. The van der Waals surface area contributed by atoms with E-state index in [-0.39, 0.29) is 5.91 Å². The molecule has 0 radical (unpaired) electrons. The molecular weight excluding hydrogens is 288 g/mol. The number of ether oxygens (including phenoxy) is 1. The van der Waals surface area contributed by atoms with E-state index in [9.17, 15) is 4.79 Å². The molecule has 0 spiro atoms. The van der Waals surface area contributed by atoms with Crippen molar-refractivity contribution in [3.8, 4) is 0 Å². The predicted octanol–water partition coefficient (Wildman–Crippen LogP) is 3.29. The standard InChI is InChI=1S/C19H30N2O2/c1-16-7-6-8-18(15-16)21-12-10-17(11-13-21)20-19(22)9-4-3-5-14-23-2/h6-8,15,17H,3-5,9-14H2,1-2H3,(H,20,22). The van der Waals surface area contributed by atoms with Gasteiger partial charge in [-0.3, -0.25) is 4.79 Å². The fourth-order valence-corrected chi connectivity index (χ4v) is 3.12. The molecule has 1 heterocycles. The molecule has 0 bridgehead atoms. The Hall–Kier alpha value is -1.55. The fraction of sp³-hybridized carbons (Fsp3) is 0.632. The summed E-state index contributed by atoms with van der Waals surface area (Å²) in [5.74, 6) is 0.205. The second-order valence-electron chi connectivity index (χ2n) is 6.47. The number of carbonyl (C=O) groups excluding carboxylic acids is 1. The highest BCUT2D eigenvalue weighted by atomic mass is 16.5. The molecule has 4 heteroatoms. The monoisotopic (exact) mass is 318 g/mol. The highest BCUT2D eigenvalue weighted by Crippen LogP contribution is 2.21. The van der Waals surface area contributed by atoms with Crippen molar-refractivity contribution in [3.63, 3.8) is 0 Å². The molecule has 0 aliphatic carbocycles. The molecule has 0 saturated carbocycles. The molecule has 1 aliphatic rings. The number of amides is 1. The lowest BCUT2D eigenvalue weighted by atomic mass is 10.0. The number of aryl methyl sites for hydroxylation is 1. The lowest BCUT2D eigenvalue weighted by Gasteiger charge is -2.34. The second kappa shape index (κ2) is 9.56. The molecule has 1 fully saturated rings. The molecular formula is C19H30N2O2. The van der Waals surface area contributed by atoms with Crippen molar-refractivity contribution in [2.45, 2.75) is 51.5 Å². The van der Waals surface area contributed by atoms with Gasteiger partial charge in [0, 0.05) is 45.0 Å². The lowest BCUT2D eigenvalue weighted by Crippen LogP contribution is -2.44. The van der Waals surface area contributed by atoms with Gasteiger partial charge in [0.2, 0.25) is 5.91 Å². The number of methoxy groups -OCH3 is 1. The molecule has 1 aliphatic heterocycles. The SMILES string of the molecule is COCCCCCC(=O)NC1CCN(c2cccc(C)c2)CC1. The molecule has 0 aromatic heterocycles.